The molecule has 2 amide bonds. The van der Waals surface area contributed by atoms with Gasteiger partial charge in [-0.25, -0.2) is 4.79 Å². The number of nitrogens with zero attached hydrogens (tertiary/aromatic N) is 2. The lowest BCUT2D eigenvalue weighted by Crippen LogP contribution is -2.51. The monoisotopic (exact) mass is 394 g/mol. The van der Waals surface area contributed by atoms with Crippen molar-refractivity contribution in [1.29, 1.82) is 0 Å². The molecule has 0 spiro atoms. The third-order valence-corrected chi connectivity index (χ3v) is 5.39. The van der Waals surface area contributed by atoms with Gasteiger partial charge in [0.25, 0.3) is 0 Å². The number of carbonyl (C=O) groups excluding carboxylic acids is 2. The van der Waals surface area contributed by atoms with Crippen molar-refractivity contribution < 1.29 is 19.4 Å². The molecule has 7 heteroatoms. The van der Waals surface area contributed by atoms with Crippen molar-refractivity contribution >= 4 is 23.6 Å². The Kier molecular flexibility index (Phi) is 5.41. The van der Waals surface area contributed by atoms with Gasteiger partial charge in [-0.15, -0.1) is 0 Å². The van der Waals surface area contributed by atoms with Crippen LogP contribution in [0.1, 0.15) is 50.7 Å². The molecular formula is C20H27ClN2O4. The van der Waals surface area contributed by atoms with E-state index in [1.54, 1.807) is 29.0 Å². The zero-order valence-corrected chi connectivity index (χ0v) is 17.0. The van der Waals surface area contributed by atoms with Crippen molar-refractivity contribution in [2.75, 3.05) is 13.6 Å². The number of likely N-dealkylation sites (N-methyl/N-ethyl adjacent to an activating group) is 1. The van der Waals surface area contributed by atoms with Crippen molar-refractivity contribution in [1.82, 2.24) is 9.80 Å². The van der Waals surface area contributed by atoms with Crippen LogP contribution in [-0.2, 0) is 16.1 Å². The number of hydrogen-bond donors (Lipinski definition) is 1. The summed E-state index contributed by atoms with van der Waals surface area (Å²) in [5.74, 6) is -0.904. The van der Waals surface area contributed by atoms with E-state index in [4.69, 9.17) is 16.3 Å². The normalized spacial score (nSPS) is 24.0. The first-order valence-electron chi connectivity index (χ1n) is 9.29. The number of benzene rings is 1. The Labute approximate surface area is 165 Å². The van der Waals surface area contributed by atoms with Gasteiger partial charge < -0.3 is 19.6 Å². The Morgan fingerprint density at radius 1 is 1.37 bits per heavy atom. The van der Waals surface area contributed by atoms with Gasteiger partial charge in [-0.05, 0) is 56.9 Å². The molecule has 1 aromatic rings. The molecule has 3 rings (SSSR count). The van der Waals surface area contributed by atoms with Gasteiger partial charge in [0.1, 0.15) is 5.60 Å². The summed E-state index contributed by atoms with van der Waals surface area (Å²) in [5.41, 5.74) is 1.09. The number of rotatable bonds is 2. The highest BCUT2D eigenvalue weighted by Gasteiger charge is 2.45. The lowest BCUT2D eigenvalue weighted by molar-refractivity contribution is -0.137. The fourth-order valence-electron chi connectivity index (χ4n) is 3.95. The van der Waals surface area contributed by atoms with E-state index in [9.17, 15) is 14.7 Å². The molecule has 1 saturated heterocycles. The van der Waals surface area contributed by atoms with E-state index >= 15 is 0 Å². The number of carbonyl (C=O) groups is 2. The number of likely N-dealkylation sites (tertiary alicyclic amines) is 1. The Hall–Kier alpha value is -1.79. The fourth-order valence-corrected chi connectivity index (χ4v) is 4.13. The van der Waals surface area contributed by atoms with Crippen LogP contribution in [-0.4, -0.2) is 58.2 Å². The Morgan fingerprint density at radius 2 is 2.07 bits per heavy atom. The van der Waals surface area contributed by atoms with Crippen LogP contribution in [0.5, 0.6) is 0 Å². The van der Waals surface area contributed by atoms with Crippen molar-refractivity contribution in [3.63, 3.8) is 0 Å². The van der Waals surface area contributed by atoms with E-state index in [1.807, 2.05) is 26.8 Å². The van der Waals surface area contributed by atoms with Crippen LogP contribution in [0.3, 0.4) is 0 Å². The van der Waals surface area contributed by atoms with Gasteiger partial charge in [0.05, 0.1) is 18.1 Å². The molecular weight excluding hydrogens is 368 g/mol. The fraction of sp³-hybridized carbons (Fsp3) is 0.600. The molecule has 3 atom stereocenters. The molecule has 0 bridgehead atoms. The number of ether oxygens (including phenoxy) is 1. The van der Waals surface area contributed by atoms with Gasteiger partial charge in [-0.3, -0.25) is 4.79 Å². The highest BCUT2D eigenvalue weighted by Crippen LogP contribution is 2.37. The molecule has 1 fully saturated rings. The number of hydrogen-bond acceptors (Lipinski definition) is 4. The van der Waals surface area contributed by atoms with Crippen molar-refractivity contribution in [2.24, 2.45) is 0 Å². The molecule has 3 unspecified atom stereocenters. The quantitative estimate of drug-likeness (QED) is 0.836. The number of halogens is 1. The lowest BCUT2D eigenvalue weighted by Gasteiger charge is -2.38. The number of amides is 2. The Bertz CT molecular complexity index is 746. The maximum atomic E-state index is 12.9. The van der Waals surface area contributed by atoms with Crippen LogP contribution < -0.4 is 0 Å². The SMILES string of the molecule is CN1Cc2ccc(Cl)cc2C(C(O)C2CCCN2C(=O)OC(C)(C)C)C1=O. The summed E-state index contributed by atoms with van der Waals surface area (Å²) in [6.45, 7) is 6.42. The van der Waals surface area contributed by atoms with Gasteiger partial charge in [-0.1, -0.05) is 17.7 Å². The maximum absolute atomic E-state index is 12.9. The Balaban J connectivity index is 1.90. The van der Waals surface area contributed by atoms with Crippen LogP contribution >= 0.6 is 11.6 Å². The largest absolute Gasteiger partial charge is 0.444 e. The van der Waals surface area contributed by atoms with Crippen LogP contribution in [0, 0.1) is 0 Å². The van der Waals surface area contributed by atoms with Crippen molar-refractivity contribution in [2.45, 2.75) is 63.8 Å². The average Bonchev–Trinajstić information content (AvgIpc) is 3.04. The summed E-state index contributed by atoms with van der Waals surface area (Å²) >= 11 is 6.15. The second-order valence-corrected chi connectivity index (χ2v) is 8.83. The van der Waals surface area contributed by atoms with Gasteiger partial charge in [0.15, 0.2) is 0 Å². The maximum Gasteiger partial charge on any atom is 0.410 e. The number of fused-ring (bicyclic) bond motifs is 1. The molecule has 2 aliphatic heterocycles. The molecule has 0 saturated carbocycles. The number of aliphatic hydroxyl groups excluding tert-OH is 1. The van der Waals surface area contributed by atoms with Crippen LogP contribution in [0.2, 0.25) is 5.02 Å². The van der Waals surface area contributed by atoms with Gasteiger partial charge in [-0.2, -0.15) is 0 Å². The predicted molar refractivity (Wildman–Crippen MR) is 103 cm³/mol. The highest BCUT2D eigenvalue weighted by atomic mass is 35.5. The van der Waals surface area contributed by atoms with E-state index in [1.165, 1.54) is 0 Å². The van der Waals surface area contributed by atoms with Gasteiger partial charge >= 0.3 is 6.09 Å². The lowest BCUT2D eigenvalue weighted by atomic mass is 9.82. The standard InChI is InChI=1S/C20H27ClN2O4/c1-20(2,3)27-19(26)23-9-5-6-15(23)17(24)16-14-10-13(21)8-7-12(14)11-22(4)18(16)25/h7-8,10,15-17,24H,5-6,9,11H2,1-4H3. The molecule has 0 aromatic heterocycles. The molecule has 1 N–H and O–H groups in total. The minimum atomic E-state index is -1.02. The van der Waals surface area contributed by atoms with E-state index in [0.29, 0.717) is 24.5 Å². The average molecular weight is 395 g/mol. The van der Waals surface area contributed by atoms with Gasteiger partial charge in [0, 0.05) is 25.2 Å². The summed E-state index contributed by atoms with van der Waals surface area (Å²) < 4.78 is 5.49. The molecule has 27 heavy (non-hydrogen) atoms. The van der Waals surface area contributed by atoms with Crippen molar-refractivity contribution in [3.8, 4) is 0 Å². The highest BCUT2D eigenvalue weighted by molar-refractivity contribution is 6.30. The van der Waals surface area contributed by atoms with E-state index in [-0.39, 0.29) is 5.91 Å². The molecule has 148 valence electrons. The number of aliphatic hydroxyl groups is 1. The van der Waals surface area contributed by atoms with Gasteiger partial charge in [0.2, 0.25) is 5.91 Å². The third-order valence-electron chi connectivity index (χ3n) is 5.16. The summed E-state index contributed by atoms with van der Waals surface area (Å²) in [5, 5.41) is 11.7. The Morgan fingerprint density at radius 3 is 2.74 bits per heavy atom. The predicted octanol–water partition coefficient (Wildman–Crippen LogP) is 3.16. The molecule has 0 radical (unpaired) electrons. The van der Waals surface area contributed by atoms with Crippen LogP contribution in [0.4, 0.5) is 4.79 Å². The smallest absolute Gasteiger partial charge is 0.410 e. The molecule has 2 aliphatic rings. The summed E-state index contributed by atoms with van der Waals surface area (Å²) in [7, 11) is 1.72. The summed E-state index contributed by atoms with van der Waals surface area (Å²) in [4.78, 5) is 28.6. The molecule has 1 aromatic carbocycles. The minimum Gasteiger partial charge on any atom is -0.444 e. The third kappa shape index (κ3) is 4.06. The van der Waals surface area contributed by atoms with Crippen LogP contribution in [0.15, 0.2) is 18.2 Å². The van der Waals surface area contributed by atoms with E-state index < -0.39 is 29.8 Å². The molecule has 6 nitrogen and oxygen atoms in total. The van der Waals surface area contributed by atoms with E-state index in [2.05, 4.69) is 0 Å². The molecule has 0 aliphatic carbocycles. The summed E-state index contributed by atoms with van der Waals surface area (Å²) in [6, 6.07) is 4.96. The summed E-state index contributed by atoms with van der Waals surface area (Å²) in [6.07, 6.45) is -0.0799. The van der Waals surface area contributed by atoms with Crippen molar-refractivity contribution in [3.05, 3.63) is 34.3 Å². The second kappa shape index (κ2) is 7.32. The second-order valence-electron chi connectivity index (χ2n) is 8.39. The zero-order chi connectivity index (χ0) is 19.9. The first-order valence-corrected chi connectivity index (χ1v) is 9.67. The van der Waals surface area contributed by atoms with Crippen LogP contribution in [0.25, 0.3) is 0 Å². The molecule has 2 heterocycles. The first-order chi connectivity index (χ1) is 12.6. The van der Waals surface area contributed by atoms with E-state index in [0.717, 1.165) is 17.5 Å². The first kappa shape index (κ1) is 20.0. The topological polar surface area (TPSA) is 70.1 Å². The minimum absolute atomic E-state index is 0.159. The zero-order valence-electron chi connectivity index (χ0n) is 16.2.